The van der Waals surface area contributed by atoms with Crippen LogP contribution in [0.5, 0.6) is 0 Å². The Morgan fingerprint density at radius 1 is 1.38 bits per heavy atom. The lowest BCUT2D eigenvalue weighted by Gasteiger charge is -2.18. The van der Waals surface area contributed by atoms with Crippen LogP contribution in [0, 0.1) is 0 Å². The lowest BCUT2D eigenvalue weighted by atomic mass is 10.0. The first-order chi connectivity index (χ1) is 14.7. The van der Waals surface area contributed by atoms with E-state index in [-0.39, 0.29) is 32.6 Å². The number of thiazole rings is 1. The highest BCUT2D eigenvalue weighted by Gasteiger charge is 2.33. The molecular weight excluding hydrogens is 467 g/mol. The Morgan fingerprint density at radius 3 is 2.62 bits per heavy atom. The molecule has 0 aromatic carbocycles. The average Bonchev–Trinajstić information content (AvgIpc) is 3.29. The van der Waals surface area contributed by atoms with Gasteiger partial charge in [-0.1, -0.05) is 6.92 Å². The molecule has 1 aliphatic rings. The van der Waals surface area contributed by atoms with E-state index in [0.29, 0.717) is 30.5 Å². The van der Waals surface area contributed by atoms with Crippen molar-refractivity contribution in [2.24, 2.45) is 9.50 Å². The number of carbonyl (C=O) groups is 1. The summed E-state index contributed by atoms with van der Waals surface area (Å²) in [5, 5.41) is 18.6. The molecule has 0 bridgehead atoms. The lowest BCUT2D eigenvalue weighted by molar-refractivity contribution is -0.128. The Balaban J connectivity index is 1.98. The fourth-order valence-corrected chi connectivity index (χ4v) is 5.58. The van der Waals surface area contributed by atoms with Crippen molar-refractivity contribution in [3.8, 4) is 0 Å². The van der Waals surface area contributed by atoms with Crippen molar-refractivity contribution in [2.75, 3.05) is 5.32 Å². The summed E-state index contributed by atoms with van der Waals surface area (Å²) in [6.07, 6.45) is -2.50. The first kappa shape index (κ1) is 24.6. The van der Waals surface area contributed by atoms with Crippen molar-refractivity contribution in [1.82, 2.24) is 9.97 Å². The molecule has 1 atom stereocenters. The van der Waals surface area contributed by atoms with Crippen LogP contribution in [0.25, 0.3) is 0 Å². The summed E-state index contributed by atoms with van der Waals surface area (Å²) in [6, 6.07) is -1.04. The maximum Gasteiger partial charge on any atom is 0.394 e. The predicted octanol–water partition coefficient (Wildman–Crippen LogP) is 3.85. The van der Waals surface area contributed by atoms with Crippen LogP contribution in [-0.2, 0) is 41.2 Å². The molecule has 8 nitrogen and oxygen atoms in total. The highest BCUT2D eigenvalue weighted by Crippen LogP contribution is 2.35. The number of aryl methyl sites for hydroxylation is 1. The Kier molecular flexibility index (Phi) is 6.67. The zero-order valence-electron chi connectivity index (χ0n) is 17.7. The maximum atomic E-state index is 13.1. The number of amides is 2. The minimum absolute atomic E-state index is 0.00166. The predicted molar refractivity (Wildman–Crippen MR) is 115 cm³/mol. The molecule has 0 spiro atoms. The van der Waals surface area contributed by atoms with Gasteiger partial charge in [0.1, 0.15) is 14.8 Å². The van der Waals surface area contributed by atoms with Crippen LogP contribution >= 0.6 is 11.3 Å². The minimum Gasteiger partial charge on any atom is -0.383 e. The number of nitrogens with zero attached hydrogens (tertiary/aromatic N) is 3. The number of aromatic nitrogens is 2. The molecular formula is C19H24F3N5O3S2. The Morgan fingerprint density at radius 2 is 2.06 bits per heavy atom. The van der Waals surface area contributed by atoms with Crippen LogP contribution in [0.1, 0.15) is 54.7 Å². The number of urea groups is 1. The molecule has 1 aliphatic carbocycles. The van der Waals surface area contributed by atoms with E-state index < -0.39 is 34.1 Å². The quantitative estimate of drug-likeness (QED) is 0.585. The number of hydrogen-bond donors (Lipinski definition) is 3. The van der Waals surface area contributed by atoms with E-state index in [0.717, 1.165) is 11.3 Å². The molecule has 0 aliphatic heterocycles. The van der Waals surface area contributed by atoms with Crippen molar-refractivity contribution in [2.45, 2.75) is 68.9 Å². The van der Waals surface area contributed by atoms with Gasteiger partial charge in [-0.3, -0.25) is 4.98 Å². The normalized spacial score (nSPS) is 15.9. The zero-order chi connectivity index (χ0) is 23.9. The number of nitrogens with two attached hydrogens (primary N) is 1. The number of nitrogens with one attached hydrogen (secondary N) is 1. The summed E-state index contributed by atoms with van der Waals surface area (Å²) in [7, 11) is -3.68. The highest BCUT2D eigenvalue weighted by atomic mass is 32.2. The summed E-state index contributed by atoms with van der Waals surface area (Å²) >= 11 is 0.861. The molecule has 0 saturated heterocycles. The van der Waals surface area contributed by atoms with Gasteiger partial charge in [0.05, 0.1) is 24.0 Å². The van der Waals surface area contributed by atoms with Crippen molar-refractivity contribution in [3.63, 3.8) is 0 Å². The van der Waals surface area contributed by atoms with Gasteiger partial charge in [-0.05, 0) is 50.7 Å². The van der Waals surface area contributed by atoms with E-state index >= 15 is 0 Å². The lowest BCUT2D eigenvalue weighted by Crippen LogP contribution is -2.20. The maximum absolute atomic E-state index is 13.1. The third kappa shape index (κ3) is 5.45. The van der Waals surface area contributed by atoms with E-state index in [4.69, 9.17) is 5.14 Å². The van der Waals surface area contributed by atoms with Gasteiger partial charge in [0, 0.05) is 5.69 Å². The summed E-state index contributed by atoms with van der Waals surface area (Å²) < 4.78 is 55.7. The third-order valence-corrected chi connectivity index (χ3v) is 8.07. The van der Waals surface area contributed by atoms with E-state index in [1.165, 1.54) is 20.0 Å². The van der Waals surface area contributed by atoms with Crippen LogP contribution in [0.4, 0.5) is 23.7 Å². The molecule has 13 heteroatoms. The van der Waals surface area contributed by atoms with E-state index in [9.17, 15) is 27.3 Å². The smallest absolute Gasteiger partial charge is 0.383 e. The molecule has 1 unspecified atom stereocenters. The minimum atomic E-state index is -4.45. The van der Waals surface area contributed by atoms with Crippen LogP contribution in [0.2, 0.25) is 0 Å². The SMILES string of the molecule is CCc1c(CC(F)(F)F)nc2c(c1NC(=O)N=S(N)(=O)c1cnc(C(C)(C)O)s1)CCC2. The molecule has 0 saturated carbocycles. The van der Waals surface area contributed by atoms with Crippen LogP contribution < -0.4 is 10.5 Å². The number of carbonyl (C=O) groups excluding carboxylic acids is 1. The van der Waals surface area contributed by atoms with Gasteiger partial charge in [-0.25, -0.2) is 19.1 Å². The van der Waals surface area contributed by atoms with Crippen LogP contribution in [-0.4, -0.2) is 31.5 Å². The number of fused-ring (bicyclic) bond motifs is 1. The number of rotatable bonds is 5. The van der Waals surface area contributed by atoms with Crippen LogP contribution in [0.15, 0.2) is 14.8 Å². The number of pyridine rings is 1. The molecule has 2 aromatic rings. The molecule has 2 aromatic heterocycles. The molecule has 3 rings (SSSR count). The van der Waals surface area contributed by atoms with Crippen molar-refractivity contribution < 1.29 is 27.3 Å². The number of aliphatic hydroxyl groups is 1. The molecule has 0 fully saturated rings. The summed E-state index contributed by atoms with van der Waals surface area (Å²) in [5.74, 6) is 0. The topological polar surface area (TPSA) is 131 Å². The van der Waals surface area contributed by atoms with E-state index in [1.807, 2.05) is 0 Å². The molecule has 32 heavy (non-hydrogen) atoms. The van der Waals surface area contributed by atoms with Crippen molar-refractivity contribution in [1.29, 1.82) is 0 Å². The monoisotopic (exact) mass is 491 g/mol. The number of anilines is 1. The largest absolute Gasteiger partial charge is 0.394 e. The van der Waals surface area contributed by atoms with Gasteiger partial charge >= 0.3 is 12.2 Å². The average molecular weight is 492 g/mol. The molecule has 2 amide bonds. The number of alkyl halides is 3. The van der Waals surface area contributed by atoms with Gasteiger partial charge < -0.3 is 10.4 Å². The zero-order valence-corrected chi connectivity index (χ0v) is 19.4. The summed E-state index contributed by atoms with van der Waals surface area (Å²) in [5.41, 5.74) is 0.270. The van der Waals surface area contributed by atoms with Gasteiger partial charge in [-0.2, -0.15) is 13.2 Å². The fourth-order valence-electron chi connectivity index (χ4n) is 3.52. The second-order valence-electron chi connectivity index (χ2n) is 7.97. The van der Waals surface area contributed by atoms with Crippen LogP contribution in [0.3, 0.4) is 0 Å². The van der Waals surface area contributed by atoms with Gasteiger partial charge in [0.2, 0.25) is 0 Å². The van der Waals surface area contributed by atoms with Crippen molar-refractivity contribution >= 4 is 33.0 Å². The molecule has 4 N–H and O–H groups in total. The second kappa shape index (κ2) is 8.69. The van der Waals surface area contributed by atoms with E-state index in [1.54, 1.807) is 6.92 Å². The van der Waals surface area contributed by atoms with Gasteiger partial charge in [0.25, 0.3) is 0 Å². The molecule has 176 valence electrons. The van der Waals surface area contributed by atoms with Crippen molar-refractivity contribution in [3.05, 3.63) is 33.7 Å². The first-order valence-corrected chi connectivity index (χ1v) is 12.3. The van der Waals surface area contributed by atoms with E-state index in [2.05, 4.69) is 19.6 Å². The molecule has 2 heterocycles. The van der Waals surface area contributed by atoms with Gasteiger partial charge in [-0.15, -0.1) is 15.7 Å². The Labute approximate surface area is 187 Å². The summed E-state index contributed by atoms with van der Waals surface area (Å²) in [6.45, 7) is 4.66. The number of hydrogen-bond acceptors (Lipinski definition) is 6. The Hall–Kier alpha value is -2.09. The number of halogens is 3. The summed E-state index contributed by atoms with van der Waals surface area (Å²) in [4.78, 5) is 20.8. The second-order valence-corrected chi connectivity index (χ2v) is 11.0. The van der Waals surface area contributed by atoms with Gasteiger partial charge in [0.15, 0.2) is 9.92 Å². The molecule has 0 radical (unpaired) electrons. The standard InChI is InChI=1S/C19H24F3N5O3S2/c1-4-10-13(8-19(20,21)22)25-12-7-5-6-11(12)15(10)26-17(28)27-32(23,30)14-9-24-16(31-14)18(2,3)29/h9,29H,4-8H2,1-3H3,(H3,23,25,26,27,28,30). The third-order valence-electron chi connectivity index (χ3n) is 4.88. The fraction of sp³-hybridized carbons (Fsp3) is 0.526. The Bertz CT molecular complexity index is 1160. The highest BCUT2D eigenvalue weighted by molar-refractivity contribution is 7.93. The first-order valence-electron chi connectivity index (χ1n) is 9.86.